The molecule has 1 saturated heterocycles. The maximum Gasteiger partial charge on any atom is 0.253 e. The summed E-state index contributed by atoms with van der Waals surface area (Å²) in [7, 11) is 0. The van der Waals surface area contributed by atoms with Gasteiger partial charge in [-0.1, -0.05) is 41.4 Å². The Morgan fingerprint density at radius 2 is 1.87 bits per heavy atom. The second kappa shape index (κ2) is 6.58. The van der Waals surface area contributed by atoms with Gasteiger partial charge in [0.2, 0.25) is 4.46 Å². The van der Waals surface area contributed by atoms with Crippen molar-refractivity contribution in [3.63, 3.8) is 0 Å². The highest BCUT2D eigenvalue weighted by Gasteiger charge is 2.53. The lowest BCUT2D eigenvalue weighted by atomic mass is 9.92. The van der Waals surface area contributed by atoms with Crippen LogP contribution in [-0.2, 0) is 0 Å². The van der Waals surface area contributed by atoms with Gasteiger partial charge >= 0.3 is 0 Å². The summed E-state index contributed by atoms with van der Waals surface area (Å²) in [4.78, 5) is 14.5. The first-order valence-corrected chi connectivity index (χ1v) is 8.82. The number of amides is 1. The molecule has 1 aromatic rings. The predicted octanol–water partition coefficient (Wildman–Crippen LogP) is 3.76. The third kappa shape index (κ3) is 3.98. The Kier molecular flexibility index (Phi) is 4.86. The van der Waals surface area contributed by atoms with Crippen molar-refractivity contribution in [1.82, 2.24) is 10.2 Å². The van der Waals surface area contributed by atoms with Crippen molar-refractivity contribution in [2.45, 2.75) is 35.8 Å². The van der Waals surface area contributed by atoms with Crippen LogP contribution in [0.3, 0.4) is 0 Å². The van der Waals surface area contributed by atoms with Crippen LogP contribution in [0.25, 0.3) is 0 Å². The summed E-state index contributed by atoms with van der Waals surface area (Å²) < 4.78 is 13.3. The van der Waals surface area contributed by atoms with Crippen molar-refractivity contribution in [2.75, 3.05) is 19.6 Å². The number of likely N-dealkylation sites (tertiary alicyclic amines) is 1. The zero-order valence-electron chi connectivity index (χ0n) is 12.9. The molecule has 3 rings (SSSR count). The molecule has 1 heterocycles. The summed E-state index contributed by atoms with van der Waals surface area (Å²) in [6.07, 6.45) is 3.00. The highest BCUT2D eigenvalue weighted by molar-refractivity contribution is 6.49. The van der Waals surface area contributed by atoms with Crippen LogP contribution < -0.4 is 5.32 Å². The van der Waals surface area contributed by atoms with Crippen LogP contribution in [0, 0.1) is 5.92 Å². The third-order valence-corrected chi connectivity index (χ3v) is 5.60. The Labute approximate surface area is 146 Å². The number of piperidine rings is 1. The van der Waals surface area contributed by atoms with Crippen molar-refractivity contribution < 1.29 is 9.18 Å². The standard InChI is InChI=1S/C17H21Cl2FN2O/c18-17(19,21-15(23)14-4-2-1-3-5-14)16(20)8-10-22(11-9-16)12-13-6-7-13/h1-5,13H,6-12H2,(H,21,23). The number of hydrogen-bond acceptors (Lipinski definition) is 2. The molecule has 2 aliphatic rings. The molecule has 2 fully saturated rings. The van der Waals surface area contributed by atoms with Crippen LogP contribution in [0.15, 0.2) is 30.3 Å². The van der Waals surface area contributed by atoms with Crippen molar-refractivity contribution in [2.24, 2.45) is 5.92 Å². The van der Waals surface area contributed by atoms with E-state index in [0.717, 1.165) is 12.5 Å². The largest absolute Gasteiger partial charge is 0.318 e. The number of rotatable bonds is 5. The summed E-state index contributed by atoms with van der Waals surface area (Å²) in [6.45, 7) is 2.27. The second-order valence-corrected chi connectivity index (χ2v) is 7.93. The van der Waals surface area contributed by atoms with E-state index in [2.05, 4.69) is 10.2 Å². The van der Waals surface area contributed by atoms with Crippen LogP contribution >= 0.6 is 23.2 Å². The molecule has 1 aliphatic carbocycles. The number of hydrogen-bond donors (Lipinski definition) is 1. The Hall–Kier alpha value is -0.840. The van der Waals surface area contributed by atoms with Gasteiger partial charge in [0.25, 0.3) is 5.91 Å². The van der Waals surface area contributed by atoms with E-state index in [-0.39, 0.29) is 12.8 Å². The van der Waals surface area contributed by atoms with Gasteiger partial charge in [0.1, 0.15) is 0 Å². The lowest BCUT2D eigenvalue weighted by Gasteiger charge is -2.42. The molecule has 0 radical (unpaired) electrons. The minimum absolute atomic E-state index is 0.224. The molecule has 0 unspecified atom stereocenters. The molecular formula is C17H21Cl2FN2O. The van der Waals surface area contributed by atoms with Crippen LogP contribution in [0.4, 0.5) is 4.39 Å². The lowest BCUT2D eigenvalue weighted by molar-refractivity contribution is 0.0317. The molecule has 1 N–H and O–H groups in total. The van der Waals surface area contributed by atoms with Gasteiger partial charge in [0.15, 0.2) is 5.67 Å². The van der Waals surface area contributed by atoms with Gasteiger partial charge in [-0.2, -0.15) is 0 Å². The first-order valence-electron chi connectivity index (χ1n) is 8.06. The first-order chi connectivity index (χ1) is 10.9. The number of carbonyl (C=O) groups excluding carboxylic acids is 1. The van der Waals surface area contributed by atoms with Crippen molar-refractivity contribution in [1.29, 1.82) is 0 Å². The maximum absolute atomic E-state index is 15.2. The Balaban J connectivity index is 1.60. The van der Waals surface area contributed by atoms with E-state index in [1.165, 1.54) is 12.8 Å². The zero-order valence-corrected chi connectivity index (χ0v) is 14.4. The van der Waals surface area contributed by atoms with E-state index < -0.39 is 16.0 Å². The van der Waals surface area contributed by atoms with E-state index >= 15 is 4.39 Å². The van der Waals surface area contributed by atoms with E-state index in [0.29, 0.717) is 18.7 Å². The maximum atomic E-state index is 15.2. The number of alkyl halides is 3. The third-order valence-electron chi connectivity index (χ3n) is 4.73. The fourth-order valence-electron chi connectivity index (χ4n) is 2.99. The molecule has 1 aliphatic heterocycles. The Morgan fingerprint density at radius 1 is 1.26 bits per heavy atom. The van der Waals surface area contributed by atoms with E-state index in [9.17, 15) is 4.79 Å². The van der Waals surface area contributed by atoms with Crippen LogP contribution in [0.5, 0.6) is 0 Å². The summed E-state index contributed by atoms with van der Waals surface area (Å²) in [6, 6.07) is 8.56. The summed E-state index contributed by atoms with van der Waals surface area (Å²) in [5, 5.41) is 2.45. The van der Waals surface area contributed by atoms with Gasteiger partial charge in [0, 0.05) is 25.2 Å². The van der Waals surface area contributed by atoms with Gasteiger partial charge in [-0.3, -0.25) is 4.79 Å². The molecule has 1 saturated carbocycles. The Morgan fingerprint density at radius 3 is 2.43 bits per heavy atom. The molecule has 6 heteroatoms. The highest BCUT2D eigenvalue weighted by atomic mass is 35.5. The van der Waals surface area contributed by atoms with Crippen LogP contribution in [-0.4, -0.2) is 40.6 Å². The fraction of sp³-hybridized carbons (Fsp3) is 0.588. The first kappa shape index (κ1) is 17.0. The molecule has 23 heavy (non-hydrogen) atoms. The topological polar surface area (TPSA) is 32.3 Å². The summed E-state index contributed by atoms with van der Waals surface area (Å²) >= 11 is 12.4. The minimum Gasteiger partial charge on any atom is -0.318 e. The monoisotopic (exact) mass is 358 g/mol. The van der Waals surface area contributed by atoms with E-state index in [1.807, 2.05) is 0 Å². The lowest BCUT2D eigenvalue weighted by Crippen LogP contribution is -2.59. The second-order valence-electron chi connectivity index (χ2n) is 6.60. The predicted molar refractivity (Wildman–Crippen MR) is 90.6 cm³/mol. The van der Waals surface area contributed by atoms with Crippen molar-refractivity contribution in [3.8, 4) is 0 Å². The minimum atomic E-state index is -1.93. The average molecular weight is 359 g/mol. The zero-order chi connectivity index (χ0) is 16.5. The van der Waals surface area contributed by atoms with E-state index in [1.54, 1.807) is 30.3 Å². The molecule has 0 atom stereocenters. The molecule has 0 aromatic heterocycles. The molecule has 0 bridgehead atoms. The number of nitrogens with zero attached hydrogens (tertiary/aromatic N) is 1. The molecule has 126 valence electrons. The number of benzene rings is 1. The average Bonchev–Trinajstić information content (AvgIpc) is 3.34. The quantitative estimate of drug-likeness (QED) is 0.641. The fourth-order valence-corrected chi connectivity index (χ4v) is 3.54. The number of carbonyl (C=O) groups is 1. The Bertz CT molecular complexity index is 555. The van der Waals surface area contributed by atoms with Crippen LogP contribution in [0.2, 0.25) is 0 Å². The van der Waals surface area contributed by atoms with Crippen molar-refractivity contribution >= 4 is 29.1 Å². The molecule has 1 amide bonds. The van der Waals surface area contributed by atoms with Crippen molar-refractivity contribution in [3.05, 3.63) is 35.9 Å². The summed E-state index contributed by atoms with van der Waals surface area (Å²) in [5.74, 6) is 0.310. The highest BCUT2D eigenvalue weighted by Crippen LogP contribution is 2.43. The summed E-state index contributed by atoms with van der Waals surface area (Å²) in [5.41, 5.74) is -1.41. The van der Waals surface area contributed by atoms with Gasteiger partial charge in [-0.05, 0) is 43.7 Å². The normalized spacial score (nSPS) is 21.9. The van der Waals surface area contributed by atoms with Gasteiger partial charge in [-0.25, -0.2) is 4.39 Å². The van der Waals surface area contributed by atoms with E-state index in [4.69, 9.17) is 23.2 Å². The number of nitrogens with one attached hydrogen (secondary N) is 1. The van der Waals surface area contributed by atoms with Gasteiger partial charge in [-0.15, -0.1) is 0 Å². The molecule has 1 aromatic carbocycles. The smallest absolute Gasteiger partial charge is 0.253 e. The molecule has 0 spiro atoms. The number of halogens is 3. The van der Waals surface area contributed by atoms with Gasteiger partial charge < -0.3 is 10.2 Å². The SMILES string of the molecule is O=C(NC(Cl)(Cl)C1(F)CCN(CC2CC2)CC1)c1ccccc1. The van der Waals surface area contributed by atoms with Gasteiger partial charge in [0.05, 0.1) is 0 Å². The van der Waals surface area contributed by atoms with Crippen LogP contribution in [0.1, 0.15) is 36.0 Å². The molecule has 3 nitrogen and oxygen atoms in total. The molecular weight excluding hydrogens is 338 g/mol.